The van der Waals surface area contributed by atoms with Gasteiger partial charge >= 0.3 is 12.1 Å². The van der Waals surface area contributed by atoms with Crippen molar-refractivity contribution in [3.8, 4) is 0 Å². The van der Waals surface area contributed by atoms with Gasteiger partial charge in [-0.25, -0.2) is 9.59 Å². The molecule has 0 bridgehead atoms. The number of hydrogen-bond acceptors (Lipinski definition) is 5. The molecule has 4 atom stereocenters. The van der Waals surface area contributed by atoms with E-state index in [0.717, 1.165) is 25.7 Å². The zero-order chi connectivity index (χ0) is 16.1. The van der Waals surface area contributed by atoms with Crippen LogP contribution in [0.4, 0.5) is 4.79 Å². The van der Waals surface area contributed by atoms with Gasteiger partial charge in [-0.3, -0.25) is 4.90 Å². The van der Waals surface area contributed by atoms with Crippen molar-refractivity contribution in [3.05, 3.63) is 0 Å². The molecule has 22 heavy (non-hydrogen) atoms. The van der Waals surface area contributed by atoms with Crippen LogP contribution in [0.5, 0.6) is 0 Å². The molecule has 2 fully saturated rings. The maximum Gasteiger partial charge on any atom is 0.410 e. The van der Waals surface area contributed by atoms with Crippen LogP contribution in [0.15, 0.2) is 0 Å². The molecule has 6 heteroatoms. The van der Waals surface area contributed by atoms with Crippen LogP contribution in [-0.4, -0.2) is 55.0 Å². The Hall–Kier alpha value is -1.30. The van der Waals surface area contributed by atoms with Gasteiger partial charge in [-0.2, -0.15) is 0 Å². The first-order valence-electron chi connectivity index (χ1n) is 8.22. The second-order valence-electron chi connectivity index (χ2n) is 6.34. The van der Waals surface area contributed by atoms with Gasteiger partial charge in [-0.05, 0) is 50.4 Å². The standard InChI is InChI=1S/C16H27NO5/c1-3-22-15(19)14-9-13-8-11(6-7-18)4-5-12(13)10-17(14)16(20)21-2/h11-14,18H,3-10H2,1-2H3. The quantitative estimate of drug-likeness (QED) is 0.801. The Morgan fingerprint density at radius 2 is 2.00 bits per heavy atom. The molecule has 1 saturated carbocycles. The predicted molar refractivity (Wildman–Crippen MR) is 80.2 cm³/mol. The van der Waals surface area contributed by atoms with Gasteiger partial charge in [0, 0.05) is 13.2 Å². The fourth-order valence-electron chi connectivity index (χ4n) is 3.97. The molecule has 0 radical (unpaired) electrons. The maximum atomic E-state index is 12.2. The van der Waals surface area contributed by atoms with Gasteiger partial charge in [0.2, 0.25) is 0 Å². The van der Waals surface area contributed by atoms with Crippen LogP contribution in [0.3, 0.4) is 0 Å². The third kappa shape index (κ3) is 3.72. The van der Waals surface area contributed by atoms with Crippen molar-refractivity contribution in [2.75, 3.05) is 26.9 Å². The monoisotopic (exact) mass is 313 g/mol. The molecule has 1 N–H and O–H groups in total. The lowest BCUT2D eigenvalue weighted by Crippen LogP contribution is -2.55. The number of nitrogens with zero attached hydrogens (tertiary/aromatic N) is 1. The molecule has 0 aromatic carbocycles. The Bertz CT molecular complexity index is 400. The average molecular weight is 313 g/mol. The maximum absolute atomic E-state index is 12.2. The highest BCUT2D eigenvalue weighted by atomic mass is 16.6. The number of rotatable bonds is 4. The summed E-state index contributed by atoms with van der Waals surface area (Å²) in [7, 11) is 1.34. The number of amides is 1. The number of piperidine rings is 1. The largest absolute Gasteiger partial charge is 0.464 e. The van der Waals surface area contributed by atoms with Crippen molar-refractivity contribution in [3.63, 3.8) is 0 Å². The molecule has 0 spiro atoms. The molecule has 126 valence electrons. The van der Waals surface area contributed by atoms with Gasteiger partial charge in [-0.1, -0.05) is 6.42 Å². The van der Waals surface area contributed by atoms with Crippen LogP contribution in [0.1, 0.15) is 39.0 Å². The normalized spacial score (nSPS) is 31.3. The van der Waals surface area contributed by atoms with E-state index in [-0.39, 0.29) is 12.6 Å². The lowest BCUT2D eigenvalue weighted by molar-refractivity contribution is -0.152. The van der Waals surface area contributed by atoms with E-state index < -0.39 is 12.1 Å². The number of aliphatic hydroxyl groups excluding tert-OH is 1. The van der Waals surface area contributed by atoms with Crippen LogP contribution < -0.4 is 0 Å². The van der Waals surface area contributed by atoms with Crippen LogP contribution in [0, 0.1) is 17.8 Å². The van der Waals surface area contributed by atoms with Crippen LogP contribution in [0.25, 0.3) is 0 Å². The first-order valence-corrected chi connectivity index (χ1v) is 8.22. The van der Waals surface area contributed by atoms with E-state index in [1.165, 1.54) is 12.0 Å². The summed E-state index contributed by atoms with van der Waals surface area (Å²) in [6, 6.07) is -0.540. The number of carbonyl (C=O) groups excluding carboxylic acids is 2. The first-order chi connectivity index (χ1) is 10.6. The molecule has 4 unspecified atom stereocenters. The Morgan fingerprint density at radius 3 is 2.64 bits per heavy atom. The number of fused-ring (bicyclic) bond motifs is 1. The minimum atomic E-state index is -0.540. The minimum absolute atomic E-state index is 0.220. The van der Waals surface area contributed by atoms with Crippen LogP contribution >= 0.6 is 0 Å². The van der Waals surface area contributed by atoms with E-state index in [2.05, 4.69) is 0 Å². The van der Waals surface area contributed by atoms with Crippen molar-refractivity contribution < 1.29 is 24.2 Å². The highest BCUT2D eigenvalue weighted by Gasteiger charge is 2.44. The molecular weight excluding hydrogens is 286 g/mol. The molecule has 2 rings (SSSR count). The molecule has 2 aliphatic rings. The second kappa shape index (κ2) is 7.81. The summed E-state index contributed by atoms with van der Waals surface area (Å²) < 4.78 is 9.97. The Morgan fingerprint density at radius 1 is 1.23 bits per heavy atom. The van der Waals surface area contributed by atoms with E-state index in [9.17, 15) is 9.59 Å². The van der Waals surface area contributed by atoms with E-state index in [1.54, 1.807) is 6.92 Å². The topological polar surface area (TPSA) is 76.1 Å². The molecule has 1 amide bonds. The number of ether oxygens (including phenoxy) is 2. The van der Waals surface area contributed by atoms with Gasteiger partial charge in [0.15, 0.2) is 0 Å². The lowest BCUT2D eigenvalue weighted by atomic mass is 9.68. The van der Waals surface area contributed by atoms with Crippen LogP contribution in [-0.2, 0) is 14.3 Å². The van der Waals surface area contributed by atoms with Crippen molar-refractivity contribution in [2.24, 2.45) is 17.8 Å². The Labute approximate surface area is 131 Å². The highest BCUT2D eigenvalue weighted by molar-refractivity contribution is 5.81. The summed E-state index contributed by atoms with van der Waals surface area (Å²) in [5, 5.41) is 9.13. The van der Waals surface area contributed by atoms with Crippen molar-refractivity contribution in [2.45, 2.75) is 45.1 Å². The van der Waals surface area contributed by atoms with Gasteiger partial charge in [0.1, 0.15) is 6.04 Å². The third-order valence-electron chi connectivity index (χ3n) is 5.09. The number of hydrogen-bond donors (Lipinski definition) is 1. The summed E-state index contributed by atoms with van der Waals surface area (Å²) >= 11 is 0. The van der Waals surface area contributed by atoms with E-state index in [1.807, 2.05) is 0 Å². The smallest absolute Gasteiger partial charge is 0.410 e. The van der Waals surface area contributed by atoms with E-state index in [0.29, 0.717) is 37.3 Å². The Balaban J connectivity index is 2.08. The summed E-state index contributed by atoms with van der Waals surface area (Å²) in [5.41, 5.74) is 0. The second-order valence-corrected chi connectivity index (χ2v) is 6.34. The number of methoxy groups -OCH3 is 1. The summed E-state index contributed by atoms with van der Waals surface area (Å²) in [5.74, 6) is 1.02. The average Bonchev–Trinajstić information content (AvgIpc) is 2.53. The fraction of sp³-hybridized carbons (Fsp3) is 0.875. The lowest BCUT2D eigenvalue weighted by Gasteiger charge is -2.46. The molecule has 0 aromatic heterocycles. The summed E-state index contributed by atoms with van der Waals surface area (Å²) in [6.07, 6.45) is 4.16. The van der Waals surface area contributed by atoms with E-state index in [4.69, 9.17) is 14.6 Å². The van der Waals surface area contributed by atoms with Crippen molar-refractivity contribution in [1.29, 1.82) is 0 Å². The van der Waals surface area contributed by atoms with Gasteiger partial charge in [0.25, 0.3) is 0 Å². The van der Waals surface area contributed by atoms with Crippen molar-refractivity contribution in [1.82, 2.24) is 4.90 Å². The molecular formula is C16H27NO5. The number of carbonyl (C=O) groups is 2. The molecule has 0 aromatic rings. The summed E-state index contributed by atoms with van der Waals surface area (Å²) in [4.78, 5) is 25.7. The highest BCUT2D eigenvalue weighted by Crippen LogP contribution is 2.42. The molecule has 1 heterocycles. The number of likely N-dealkylation sites (tertiary alicyclic amines) is 1. The van der Waals surface area contributed by atoms with Crippen molar-refractivity contribution >= 4 is 12.1 Å². The molecule has 1 aliphatic heterocycles. The summed E-state index contributed by atoms with van der Waals surface area (Å²) in [6.45, 7) is 2.86. The fourth-order valence-corrected chi connectivity index (χ4v) is 3.97. The third-order valence-corrected chi connectivity index (χ3v) is 5.09. The zero-order valence-corrected chi connectivity index (χ0v) is 13.5. The molecule has 6 nitrogen and oxygen atoms in total. The Kier molecular flexibility index (Phi) is 6.06. The zero-order valence-electron chi connectivity index (χ0n) is 13.5. The van der Waals surface area contributed by atoms with Gasteiger partial charge < -0.3 is 14.6 Å². The number of esters is 1. The van der Waals surface area contributed by atoms with Crippen LogP contribution in [0.2, 0.25) is 0 Å². The van der Waals surface area contributed by atoms with Gasteiger partial charge in [-0.15, -0.1) is 0 Å². The first kappa shape index (κ1) is 17.1. The van der Waals surface area contributed by atoms with E-state index >= 15 is 0 Å². The predicted octanol–water partition coefficient (Wildman–Crippen LogP) is 1.81. The molecule has 1 aliphatic carbocycles. The number of aliphatic hydroxyl groups is 1. The molecule has 1 saturated heterocycles. The van der Waals surface area contributed by atoms with Gasteiger partial charge in [0.05, 0.1) is 13.7 Å². The SMILES string of the molecule is CCOC(=O)C1CC2CC(CCO)CCC2CN1C(=O)OC. The minimum Gasteiger partial charge on any atom is -0.464 e.